The van der Waals surface area contributed by atoms with Crippen LogP contribution in [0.4, 0.5) is 0 Å². The van der Waals surface area contributed by atoms with Crippen molar-refractivity contribution in [2.75, 3.05) is 7.11 Å². The highest BCUT2D eigenvalue weighted by Crippen LogP contribution is 2.37. The van der Waals surface area contributed by atoms with Crippen molar-refractivity contribution in [2.24, 2.45) is 0 Å². The van der Waals surface area contributed by atoms with Gasteiger partial charge in [-0.1, -0.05) is 30.3 Å². The van der Waals surface area contributed by atoms with Gasteiger partial charge in [0.1, 0.15) is 11.3 Å². The number of halogens is 1. The van der Waals surface area contributed by atoms with Gasteiger partial charge in [0, 0.05) is 35.1 Å². The van der Waals surface area contributed by atoms with Crippen molar-refractivity contribution in [3.05, 3.63) is 54.3 Å². The van der Waals surface area contributed by atoms with Crippen molar-refractivity contribution in [2.45, 2.75) is 43.8 Å². The van der Waals surface area contributed by atoms with Gasteiger partial charge in [0.25, 0.3) is 5.91 Å². The molecule has 29 heavy (non-hydrogen) atoms. The molecule has 2 N–H and O–H groups in total. The number of hydrogen-bond acceptors (Lipinski definition) is 4. The summed E-state index contributed by atoms with van der Waals surface area (Å²) in [5, 5.41) is 7.77. The lowest BCUT2D eigenvalue weighted by molar-refractivity contribution is 0.0899. The molecular weight excluding hydrogens is 388 g/mol. The van der Waals surface area contributed by atoms with Gasteiger partial charge in [0.05, 0.1) is 7.11 Å². The summed E-state index contributed by atoms with van der Waals surface area (Å²) in [7, 11) is 1.63. The first-order valence-corrected chi connectivity index (χ1v) is 9.94. The Morgan fingerprint density at radius 1 is 1.10 bits per heavy atom. The monoisotopic (exact) mass is 412 g/mol. The summed E-state index contributed by atoms with van der Waals surface area (Å²) in [5.74, 6) is 0.948. The molecule has 1 aromatic heterocycles. The largest absolute Gasteiger partial charge is 0.497 e. The molecule has 2 atom stereocenters. The number of rotatable bonds is 4. The van der Waals surface area contributed by atoms with Crippen molar-refractivity contribution >= 4 is 29.3 Å². The Labute approximate surface area is 176 Å². The Bertz CT molecular complexity index is 1010. The van der Waals surface area contributed by atoms with Gasteiger partial charge in [-0.25, -0.2) is 0 Å². The molecule has 6 heteroatoms. The van der Waals surface area contributed by atoms with E-state index in [9.17, 15) is 4.79 Å². The first-order valence-electron chi connectivity index (χ1n) is 9.94. The normalized spacial score (nSPS) is 22.9. The highest BCUT2D eigenvalue weighted by molar-refractivity contribution is 6.08. The molecule has 2 aromatic carbocycles. The number of carbonyl (C=O) groups excluding carboxylic acids is 1. The third kappa shape index (κ3) is 3.72. The molecule has 2 aliphatic heterocycles. The lowest BCUT2D eigenvalue weighted by atomic mass is 9.98. The summed E-state index contributed by atoms with van der Waals surface area (Å²) < 4.78 is 11.4. The van der Waals surface area contributed by atoms with Gasteiger partial charge in [-0.3, -0.25) is 4.79 Å². The highest BCUT2D eigenvalue weighted by Gasteiger charge is 2.35. The minimum atomic E-state index is -0.139. The SMILES string of the molecule is COc1ccc2c(-c3ccccc3)c(C(=O)NC3CC4CCC(C3)N4)oc2c1.Cl. The quantitative estimate of drug-likeness (QED) is 0.660. The molecule has 152 valence electrons. The van der Waals surface area contributed by atoms with Crippen molar-refractivity contribution in [1.29, 1.82) is 0 Å². The van der Waals surface area contributed by atoms with Crippen molar-refractivity contribution in [3.8, 4) is 16.9 Å². The maximum atomic E-state index is 13.2. The van der Waals surface area contributed by atoms with E-state index in [-0.39, 0.29) is 24.4 Å². The number of ether oxygens (including phenoxy) is 1. The molecule has 2 unspecified atom stereocenters. The van der Waals surface area contributed by atoms with E-state index < -0.39 is 0 Å². The van der Waals surface area contributed by atoms with Crippen LogP contribution in [0.3, 0.4) is 0 Å². The van der Waals surface area contributed by atoms with Crippen LogP contribution in [0.2, 0.25) is 0 Å². The fraction of sp³-hybridized carbons (Fsp3) is 0.348. The first-order chi connectivity index (χ1) is 13.7. The van der Waals surface area contributed by atoms with Gasteiger partial charge in [0.2, 0.25) is 5.76 Å². The van der Waals surface area contributed by atoms with E-state index in [0.29, 0.717) is 29.2 Å². The third-order valence-corrected chi connectivity index (χ3v) is 5.97. The van der Waals surface area contributed by atoms with Crippen LogP contribution in [0.25, 0.3) is 22.1 Å². The van der Waals surface area contributed by atoms with Crippen LogP contribution in [-0.2, 0) is 0 Å². The molecule has 2 fully saturated rings. The lowest BCUT2D eigenvalue weighted by Crippen LogP contribution is -2.48. The van der Waals surface area contributed by atoms with Crippen LogP contribution >= 0.6 is 12.4 Å². The molecule has 5 nitrogen and oxygen atoms in total. The summed E-state index contributed by atoms with van der Waals surface area (Å²) in [6.45, 7) is 0. The fourth-order valence-electron chi connectivity index (χ4n) is 4.68. The van der Waals surface area contributed by atoms with Gasteiger partial charge in [-0.05, 0) is 43.4 Å². The highest BCUT2D eigenvalue weighted by atomic mass is 35.5. The maximum Gasteiger partial charge on any atom is 0.287 e. The summed E-state index contributed by atoms with van der Waals surface area (Å²) in [6, 6.07) is 16.9. The summed E-state index contributed by atoms with van der Waals surface area (Å²) in [4.78, 5) is 13.2. The van der Waals surface area contributed by atoms with E-state index in [1.165, 1.54) is 12.8 Å². The van der Waals surface area contributed by atoms with E-state index in [2.05, 4.69) is 10.6 Å². The second kappa shape index (κ2) is 8.09. The van der Waals surface area contributed by atoms with Crippen LogP contribution in [-0.4, -0.2) is 31.1 Å². The topological polar surface area (TPSA) is 63.5 Å². The second-order valence-corrected chi connectivity index (χ2v) is 7.81. The molecule has 3 heterocycles. The van der Waals surface area contributed by atoms with Crippen molar-refractivity contribution in [1.82, 2.24) is 10.6 Å². The molecule has 2 bridgehead atoms. The first kappa shape index (κ1) is 19.8. The number of carbonyl (C=O) groups is 1. The van der Waals surface area contributed by atoms with E-state index in [1.807, 2.05) is 48.5 Å². The zero-order valence-corrected chi connectivity index (χ0v) is 17.1. The molecular formula is C23H25ClN2O3. The van der Waals surface area contributed by atoms with Crippen LogP contribution in [0.1, 0.15) is 36.2 Å². The van der Waals surface area contributed by atoms with Crippen LogP contribution < -0.4 is 15.4 Å². The molecule has 2 saturated heterocycles. The average molecular weight is 413 g/mol. The van der Waals surface area contributed by atoms with Gasteiger partial charge >= 0.3 is 0 Å². The molecule has 1 amide bonds. The number of methoxy groups -OCH3 is 1. The Morgan fingerprint density at radius 2 is 1.83 bits per heavy atom. The number of nitrogens with one attached hydrogen (secondary N) is 2. The smallest absolute Gasteiger partial charge is 0.287 e. The number of amides is 1. The summed E-state index contributed by atoms with van der Waals surface area (Å²) in [6.07, 6.45) is 4.38. The van der Waals surface area contributed by atoms with Gasteiger partial charge in [0.15, 0.2) is 0 Å². The van der Waals surface area contributed by atoms with E-state index >= 15 is 0 Å². The van der Waals surface area contributed by atoms with Gasteiger partial charge in [-0.2, -0.15) is 0 Å². The maximum absolute atomic E-state index is 13.2. The van der Waals surface area contributed by atoms with E-state index in [0.717, 1.165) is 29.4 Å². The third-order valence-electron chi connectivity index (χ3n) is 5.97. The Kier molecular flexibility index (Phi) is 5.52. The molecule has 0 radical (unpaired) electrons. The second-order valence-electron chi connectivity index (χ2n) is 7.81. The standard InChI is InChI=1S/C23H24N2O3.ClH/c1-27-18-9-10-19-20(13-18)28-22(21(19)14-5-3-2-4-6-14)23(26)25-17-11-15-7-8-16(12-17)24-15;/h2-6,9-10,13,15-17,24H,7-8,11-12H2,1H3,(H,25,26);1H. The Hall–Kier alpha value is -2.50. The molecule has 0 saturated carbocycles. The summed E-state index contributed by atoms with van der Waals surface area (Å²) >= 11 is 0. The number of benzene rings is 2. The number of furan rings is 1. The minimum Gasteiger partial charge on any atom is -0.497 e. The fourth-order valence-corrected chi connectivity index (χ4v) is 4.68. The number of fused-ring (bicyclic) bond motifs is 3. The Balaban J connectivity index is 0.00000205. The van der Waals surface area contributed by atoms with Gasteiger partial charge in [-0.15, -0.1) is 12.4 Å². The summed E-state index contributed by atoms with van der Waals surface area (Å²) in [5.41, 5.74) is 2.48. The van der Waals surface area contributed by atoms with Crippen molar-refractivity contribution < 1.29 is 13.9 Å². The molecule has 3 aromatic rings. The van der Waals surface area contributed by atoms with Crippen molar-refractivity contribution in [3.63, 3.8) is 0 Å². The van der Waals surface area contributed by atoms with E-state index in [1.54, 1.807) is 7.11 Å². The van der Waals surface area contributed by atoms with Crippen LogP contribution in [0.5, 0.6) is 5.75 Å². The predicted molar refractivity (Wildman–Crippen MR) is 116 cm³/mol. The zero-order valence-electron chi connectivity index (χ0n) is 16.3. The minimum absolute atomic E-state index is 0. The molecule has 0 aliphatic carbocycles. The molecule has 5 rings (SSSR count). The average Bonchev–Trinajstić information content (AvgIpc) is 3.27. The van der Waals surface area contributed by atoms with E-state index in [4.69, 9.17) is 9.15 Å². The molecule has 0 spiro atoms. The number of hydrogen-bond donors (Lipinski definition) is 2. The number of piperidine rings is 1. The van der Waals surface area contributed by atoms with Crippen LogP contribution in [0.15, 0.2) is 52.9 Å². The van der Waals surface area contributed by atoms with Gasteiger partial charge < -0.3 is 19.8 Å². The zero-order chi connectivity index (χ0) is 19.1. The predicted octanol–water partition coefficient (Wildman–Crippen LogP) is 4.54. The van der Waals surface area contributed by atoms with Crippen LogP contribution in [0, 0.1) is 0 Å². The molecule has 2 aliphatic rings. The lowest BCUT2D eigenvalue weighted by Gasteiger charge is -2.29. The Morgan fingerprint density at radius 3 is 2.52 bits per heavy atom.